The van der Waals surface area contributed by atoms with Gasteiger partial charge in [-0.15, -0.1) is 0 Å². The number of allylic oxidation sites excluding steroid dienone is 4. The summed E-state index contributed by atoms with van der Waals surface area (Å²) in [7, 11) is -9.91. The predicted octanol–water partition coefficient (Wildman–Crippen LogP) is 19.8. The molecule has 0 aromatic carbocycles. The van der Waals surface area contributed by atoms with E-state index in [1.165, 1.54) is 122 Å². The van der Waals surface area contributed by atoms with E-state index in [1.807, 2.05) is 0 Å². The molecule has 17 nitrogen and oxygen atoms in total. The third-order valence-electron chi connectivity index (χ3n) is 15.8. The minimum atomic E-state index is -4.96. The topological polar surface area (TPSA) is 237 Å². The number of aliphatic hydroxyl groups excluding tert-OH is 1. The molecule has 0 radical (unpaired) electrons. The van der Waals surface area contributed by atoms with Crippen molar-refractivity contribution in [3.63, 3.8) is 0 Å². The molecule has 0 spiro atoms. The van der Waals surface area contributed by atoms with Gasteiger partial charge in [0.2, 0.25) is 0 Å². The van der Waals surface area contributed by atoms with Crippen molar-refractivity contribution in [1.29, 1.82) is 0 Å². The monoisotopic (exact) mass is 1320 g/mol. The van der Waals surface area contributed by atoms with E-state index >= 15 is 0 Å². The molecule has 19 heteroatoms. The van der Waals surface area contributed by atoms with Crippen LogP contribution in [0, 0.1) is 17.8 Å². The molecule has 0 aliphatic heterocycles. The molecule has 0 saturated heterocycles. The standard InChI is InChI=1S/C71H134O17P2/c1-8-9-10-11-12-13-14-15-16-19-23-26-31-40-47-54-70(75)87-67(59-82-69(74)53-46-39-34-33-37-44-51-64(6)7)61-86-90(79,80)84-57-65(72)56-83-89(77,78)85-60-66(88-71(76)55-48-41-32-27-29-36-43-50-63(4)5)58-81-68(73)52-45-38-30-25-22-20-17-18-21-24-28-35-42-49-62(2)3/h13-16,62-67,72H,8-12,17-61H2,1-7H3,(H,77,78)(H,79,80)/b14-13-,16-15-/t65-,66-,67-/m1/s1. The molecule has 0 aliphatic carbocycles. The van der Waals surface area contributed by atoms with Crippen LogP contribution in [0.5, 0.6) is 0 Å². The predicted molar refractivity (Wildman–Crippen MR) is 363 cm³/mol. The van der Waals surface area contributed by atoms with Gasteiger partial charge in [0.15, 0.2) is 12.2 Å². The second kappa shape index (κ2) is 61.4. The molecule has 0 bridgehead atoms. The van der Waals surface area contributed by atoms with Gasteiger partial charge in [0.25, 0.3) is 0 Å². The maximum Gasteiger partial charge on any atom is 0.472 e. The van der Waals surface area contributed by atoms with Crippen molar-refractivity contribution in [1.82, 2.24) is 0 Å². The first-order valence-corrected chi connectivity index (χ1v) is 39.2. The molecular weight excluding hydrogens is 1190 g/mol. The van der Waals surface area contributed by atoms with E-state index in [0.29, 0.717) is 37.5 Å². The lowest BCUT2D eigenvalue weighted by Crippen LogP contribution is -2.30. The van der Waals surface area contributed by atoms with E-state index in [1.54, 1.807) is 0 Å². The van der Waals surface area contributed by atoms with Crippen LogP contribution in [-0.2, 0) is 65.4 Å². The Morgan fingerprint density at radius 2 is 0.600 bits per heavy atom. The van der Waals surface area contributed by atoms with E-state index in [4.69, 9.17) is 37.0 Å². The first-order valence-electron chi connectivity index (χ1n) is 36.2. The molecule has 2 unspecified atom stereocenters. The normalized spacial score (nSPS) is 14.4. The number of rotatable bonds is 67. The summed E-state index contributed by atoms with van der Waals surface area (Å²) in [6, 6.07) is 0. The largest absolute Gasteiger partial charge is 0.472 e. The molecule has 0 aromatic heterocycles. The molecule has 0 amide bonds. The number of carbonyl (C=O) groups is 4. The van der Waals surface area contributed by atoms with Crippen LogP contribution < -0.4 is 0 Å². The van der Waals surface area contributed by atoms with Crippen LogP contribution >= 0.6 is 15.6 Å². The van der Waals surface area contributed by atoms with Crippen molar-refractivity contribution < 1.29 is 80.2 Å². The lowest BCUT2D eigenvalue weighted by atomic mass is 10.0. The highest BCUT2D eigenvalue weighted by Gasteiger charge is 2.30. The molecule has 0 heterocycles. The number of hydrogen-bond acceptors (Lipinski definition) is 15. The number of phosphoric ester groups is 2. The molecule has 0 rings (SSSR count). The number of phosphoric acid groups is 2. The highest BCUT2D eigenvalue weighted by Crippen LogP contribution is 2.45. The van der Waals surface area contributed by atoms with Crippen molar-refractivity contribution in [2.45, 2.75) is 349 Å². The molecule has 0 saturated carbocycles. The molecule has 90 heavy (non-hydrogen) atoms. The Hall–Kier alpha value is -2.46. The zero-order valence-electron chi connectivity index (χ0n) is 58.1. The SMILES string of the molecule is CCCCCC/C=C\C=C/CCCCCCCC(=O)O[C@H](COC(=O)CCCCCCCCC(C)C)COP(=O)(O)OC[C@H](O)COP(=O)(O)OC[C@@H](COC(=O)CCCCCCCCCCCCCCCC(C)C)OC(=O)CCCCCCCCCC(C)C. The Balaban J connectivity index is 5.24. The lowest BCUT2D eigenvalue weighted by molar-refractivity contribution is -0.161. The molecule has 0 aromatic rings. The van der Waals surface area contributed by atoms with Gasteiger partial charge in [-0.2, -0.15) is 0 Å². The van der Waals surface area contributed by atoms with Gasteiger partial charge < -0.3 is 33.8 Å². The average Bonchev–Trinajstić information content (AvgIpc) is 3.59. The molecule has 3 N–H and O–H groups in total. The molecule has 0 aliphatic rings. The number of aliphatic hydroxyl groups is 1. The minimum Gasteiger partial charge on any atom is -0.462 e. The number of esters is 4. The quantitative estimate of drug-likeness (QED) is 0.0169. The zero-order valence-corrected chi connectivity index (χ0v) is 59.9. The summed E-state index contributed by atoms with van der Waals surface area (Å²) in [4.78, 5) is 72.5. The van der Waals surface area contributed by atoms with Gasteiger partial charge >= 0.3 is 39.5 Å². The molecule has 530 valence electrons. The summed E-state index contributed by atoms with van der Waals surface area (Å²) in [5.41, 5.74) is 0. The summed E-state index contributed by atoms with van der Waals surface area (Å²) in [6.45, 7) is 11.7. The summed E-state index contributed by atoms with van der Waals surface area (Å²) in [6.07, 6.45) is 48.3. The fraction of sp³-hybridized carbons (Fsp3) is 0.887. The van der Waals surface area contributed by atoms with Gasteiger partial charge in [-0.25, -0.2) is 9.13 Å². The van der Waals surface area contributed by atoms with Gasteiger partial charge in [0.1, 0.15) is 19.3 Å². The van der Waals surface area contributed by atoms with Crippen LogP contribution in [0.25, 0.3) is 0 Å². The average molecular weight is 1320 g/mol. The van der Waals surface area contributed by atoms with Gasteiger partial charge in [-0.3, -0.25) is 37.3 Å². The number of ether oxygens (including phenoxy) is 4. The third kappa shape index (κ3) is 64.3. The van der Waals surface area contributed by atoms with Crippen LogP contribution in [0.3, 0.4) is 0 Å². The first-order chi connectivity index (χ1) is 43.2. The zero-order chi connectivity index (χ0) is 66.6. The van der Waals surface area contributed by atoms with Crippen molar-refractivity contribution in [2.75, 3.05) is 39.6 Å². The van der Waals surface area contributed by atoms with Crippen molar-refractivity contribution in [2.24, 2.45) is 17.8 Å². The summed E-state index contributed by atoms with van der Waals surface area (Å²) in [5, 5.41) is 10.6. The Morgan fingerprint density at radius 1 is 0.344 bits per heavy atom. The summed E-state index contributed by atoms with van der Waals surface area (Å²) < 4.78 is 68.2. The molecule has 0 fully saturated rings. The number of carbonyl (C=O) groups excluding carboxylic acids is 4. The highest BCUT2D eigenvalue weighted by atomic mass is 31.2. The smallest absolute Gasteiger partial charge is 0.462 e. The fourth-order valence-corrected chi connectivity index (χ4v) is 11.8. The van der Waals surface area contributed by atoms with Crippen LogP contribution in [-0.4, -0.2) is 96.7 Å². The first kappa shape index (κ1) is 87.5. The van der Waals surface area contributed by atoms with Gasteiger partial charge in [-0.05, 0) is 69.1 Å². The Kier molecular flexibility index (Phi) is 59.7. The third-order valence-corrected chi connectivity index (χ3v) is 17.7. The van der Waals surface area contributed by atoms with E-state index in [2.05, 4.69) is 72.8 Å². The van der Waals surface area contributed by atoms with Gasteiger partial charge in [-0.1, -0.05) is 278 Å². The summed E-state index contributed by atoms with van der Waals surface area (Å²) in [5.74, 6) is -0.000537. The second-order valence-electron chi connectivity index (χ2n) is 26.4. The van der Waals surface area contributed by atoms with Crippen LogP contribution in [0.15, 0.2) is 24.3 Å². The van der Waals surface area contributed by atoms with Crippen molar-refractivity contribution >= 4 is 39.5 Å². The Labute approximate surface area is 548 Å². The maximum atomic E-state index is 13.0. The summed E-state index contributed by atoms with van der Waals surface area (Å²) >= 11 is 0. The Bertz CT molecular complexity index is 1860. The van der Waals surface area contributed by atoms with Crippen molar-refractivity contribution in [3.8, 4) is 0 Å². The van der Waals surface area contributed by atoms with Crippen molar-refractivity contribution in [3.05, 3.63) is 24.3 Å². The van der Waals surface area contributed by atoms with E-state index in [9.17, 15) is 43.2 Å². The van der Waals surface area contributed by atoms with E-state index in [-0.39, 0.29) is 25.7 Å². The second-order valence-corrected chi connectivity index (χ2v) is 29.3. The highest BCUT2D eigenvalue weighted by molar-refractivity contribution is 7.47. The van der Waals surface area contributed by atoms with E-state index in [0.717, 1.165) is 115 Å². The number of hydrogen-bond donors (Lipinski definition) is 3. The van der Waals surface area contributed by atoms with Gasteiger partial charge in [0.05, 0.1) is 26.4 Å². The fourth-order valence-electron chi connectivity index (χ4n) is 10.2. The maximum absolute atomic E-state index is 13.0. The number of unbranched alkanes of at least 4 members (excludes halogenated alkanes) is 32. The lowest BCUT2D eigenvalue weighted by Gasteiger charge is -2.21. The van der Waals surface area contributed by atoms with E-state index < -0.39 is 97.5 Å². The van der Waals surface area contributed by atoms with Crippen LogP contribution in [0.1, 0.15) is 331 Å². The van der Waals surface area contributed by atoms with Crippen LogP contribution in [0.2, 0.25) is 0 Å². The molecule has 5 atom stereocenters. The minimum absolute atomic E-state index is 0.0834. The van der Waals surface area contributed by atoms with Crippen LogP contribution in [0.4, 0.5) is 0 Å². The molecular formula is C71H134O17P2. The van der Waals surface area contributed by atoms with Gasteiger partial charge in [0, 0.05) is 25.7 Å². The Morgan fingerprint density at radius 3 is 0.900 bits per heavy atom.